The number of imidazole rings is 1. The first kappa shape index (κ1) is 32.7. The van der Waals surface area contributed by atoms with Crippen LogP contribution in [0.4, 0.5) is 21.4 Å². The molecule has 0 unspecified atom stereocenters. The third-order valence-electron chi connectivity index (χ3n) is 5.79. The second-order valence-electron chi connectivity index (χ2n) is 12.2. The van der Waals surface area contributed by atoms with Crippen LogP contribution in [-0.2, 0) is 21.4 Å². The maximum Gasteiger partial charge on any atom is 0.516 e. The summed E-state index contributed by atoms with van der Waals surface area (Å²) >= 11 is 6.62. The van der Waals surface area contributed by atoms with Crippen LogP contribution >= 0.6 is 11.6 Å². The minimum absolute atomic E-state index is 0.157. The van der Waals surface area contributed by atoms with Gasteiger partial charge in [-0.2, -0.15) is 0 Å². The summed E-state index contributed by atoms with van der Waals surface area (Å²) in [7, 11) is 0. The minimum Gasteiger partial charge on any atom is -0.449 e. The minimum atomic E-state index is -1.81. The molecule has 0 atom stereocenters. The van der Waals surface area contributed by atoms with Crippen molar-refractivity contribution in [2.75, 3.05) is 36.5 Å². The van der Waals surface area contributed by atoms with Crippen LogP contribution in [0.3, 0.4) is 0 Å². The van der Waals surface area contributed by atoms with E-state index in [-0.39, 0.29) is 11.0 Å². The summed E-state index contributed by atoms with van der Waals surface area (Å²) in [6, 6.07) is 0. The lowest BCUT2D eigenvalue weighted by Gasteiger charge is -2.28. The Morgan fingerprint density at radius 3 is 2.17 bits per heavy atom. The quantitative estimate of drug-likeness (QED) is 0.194. The van der Waals surface area contributed by atoms with Gasteiger partial charge in [-0.15, -0.1) is 0 Å². The van der Waals surface area contributed by atoms with Crippen LogP contribution in [0.25, 0.3) is 22.6 Å². The Hall–Kier alpha value is -3.78. The topological polar surface area (TPSA) is 178 Å². The number of anilines is 2. The zero-order valence-electron chi connectivity index (χ0n) is 25.2. The van der Waals surface area contributed by atoms with E-state index >= 15 is 0 Å². The van der Waals surface area contributed by atoms with Crippen molar-refractivity contribution in [2.24, 2.45) is 5.92 Å². The molecule has 3 aromatic heterocycles. The van der Waals surface area contributed by atoms with Crippen LogP contribution in [0.1, 0.15) is 61.1 Å². The van der Waals surface area contributed by atoms with E-state index in [1.54, 1.807) is 0 Å². The summed E-state index contributed by atoms with van der Waals surface area (Å²) < 4.78 is 10.6. The highest BCUT2D eigenvalue weighted by atomic mass is 35.5. The average molecular weight is 607 g/mol. The van der Waals surface area contributed by atoms with Crippen molar-refractivity contribution in [1.29, 1.82) is 0 Å². The Morgan fingerprint density at radius 2 is 1.67 bits per heavy atom. The maximum atomic E-state index is 9.21. The molecule has 0 aromatic carbocycles. The van der Waals surface area contributed by atoms with E-state index in [1.807, 2.05) is 10.8 Å². The second kappa shape index (κ2) is 13.0. The van der Waals surface area contributed by atoms with Gasteiger partial charge in [0.25, 0.3) is 0 Å². The predicted molar refractivity (Wildman–Crippen MR) is 158 cm³/mol. The fourth-order valence-electron chi connectivity index (χ4n) is 4.19. The lowest BCUT2D eigenvalue weighted by atomic mass is 9.88. The van der Waals surface area contributed by atoms with Gasteiger partial charge in [0.15, 0.2) is 22.8 Å². The number of hydrogen-bond donors (Lipinski definition) is 3. The molecule has 3 N–H and O–H groups in total. The Labute approximate surface area is 249 Å². The standard InChI is InChI=1S/C25H37ClN8O.C2H2O5/c1-15(2)14-34-21-17(28-22(34)26)20(33-9-11-35-12-10-33)30-19(31-21)16-13-27-23(32-25(6,7)8)29-18(16)24(3,4)5;3-1(4)7-2(5)6/h13,15H,9-12,14H2,1-8H3,(H,27,29,32);(H,3,4)(H,5,6). The van der Waals surface area contributed by atoms with Crippen LogP contribution in [0.15, 0.2) is 6.20 Å². The number of carboxylic acid groups (broad SMARTS) is 2. The van der Waals surface area contributed by atoms with Crippen molar-refractivity contribution in [1.82, 2.24) is 29.5 Å². The third-order valence-corrected chi connectivity index (χ3v) is 6.08. The Bertz CT molecular complexity index is 1410. The number of halogens is 1. The van der Waals surface area contributed by atoms with Gasteiger partial charge in [0.05, 0.1) is 24.5 Å². The van der Waals surface area contributed by atoms with E-state index in [1.165, 1.54) is 0 Å². The molecule has 4 heterocycles. The van der Waals surface area contributed by atoms with Crippen LogP contribution in [0, 0.1) is 5.92 Å². The molecule has 42 heavy (non-hydrogen) atoms. The van der Waals surface area contributed by atoms with E-state index in [2.05, 4.69) is 80.3 Å². The number of hydrogen-bond acceptors (Lipinski definition) is 11. The number of morpholine rings is 1. The lowest BCUT2D eigenvalue weighted by Crippen LogP contribution is -2.37. The smallest absolute Gasteiger partial charge is 0.449 e. The molecule has 3 aromatic rings. The van der Waals surface area contributed by atoms with E-state index < -0.39 is 12.3 Å². The first-order valence-electron chi connectivity index (χ1n) is 13.5. The van der Waals surface area contributed by atoms with Gasteiger partial charge in [0.1, 0.15) is 0 Å². The molecule has 0 bridgehead atoms. The zero-order chi connectivity index (χ0) is 31.4. The molecule has 0 saturated carbocycles. The molecule has 4 rings (SSSR count). The monoisotopic (exact) mass is 606 g/mol. The average Bonchev–Trinajstić information content (AvgIpc) is 3.16. The normalized spacial score (nSPS) is 14.0. The molecule has 230 valence electrons. The summed E-state index contributed by atoms with van der Waals surface area (Å²) in [4.78, 5) is 44.9. The Kier molecular flexibility index (Phi) is 10.2. The molecule has 0 aliphatic carbocycles. The van der Waals surface area contributed by atoms with Crippen LogP contribution in [0.2, 0.25) is 5.28 Å². The molecule has 1 aliphatic heterocycles. The molecule has 0 radical (unpaired) electrons. The van der Waals surface area contributed by atoms with E-state index in [0.717, 1.165) is 35.8 Å². The number of nitrogens with zero attached hydrogens (tertiary/aromatic N) is 7. The molecule has 15 heteroatoms. The fourth-order valence-corrected chi connectivity index (χ4v) is 4.42. The van der Waals surface area contributed by atoms with Crippen LogP contribution in [-0.4, -0.2) is 83.9 Å². The fraction of sp³-hybridized carbons (Fsp3) is 0.593. The molecule has 1 saturated heterocycles. The van der Waals surface area contributed by atoms with Crippen molar-refractivity contribution in [3.8, 4) is 11.4 Å². The number of ether oxygens (including phenoxy) is 2. The van der Waals surface area contributed by atoms with Gasteiger partial charge in [0.2, 0.25) is 11.2 Å². The van der Waals surface area contributed by atoms with Crippen molar-refractivity contribution >= 4 is 46.8 Å². The van der Waals surface area contributed by atoms with Gasteiger partial charge < -0.3 is 29.9 Å². The molecule has 0 spiro atoms. The summed E-state index contributed by atoms with van der Waals surface area (Å²) in [5, 5.41) is 18.8. The summed E-state index contributed by atoms with van der Waals surface area (Å²) in [5.41, 5.74) is 2.72. The first-order chi connectivity index (χ1) is 19.5. The first-order valence-corrected chi connectivity index (χ1v) is 13.9. The number of nitrogens with one attached hydrogen (secondary N) is 1. The number of aromatic nitrogens is 6. The number of rotatable bonds is 5. The Balaban J connectivity index is 0.000000616. The highest BCUT2D eigenvalue weighted by molar-refractivity contribution is 6.29. The van der Waals surface area contributed by atoms with E-state index in [4.69, 9.17) is 41.5 Å². The van der Waals surface area contributed by atoms with Gasteiger partial charge in [-0.1, -0.05) is 34.6 Å². The molecule has 1 aliphatic rings. The predicted octanol–water partition coefficient (Wildman–Crippen LogP) is 5.30. The maximum absolute atomic E-state index is 9.21. The summed E-state index contributed by atoms with van der Waals surface area (Å²) in [6.45, 7) is 20.5. The molecule has 0 amide bonds. The second-order valence-corrected chi connectivity index (χ2v) is 12.6. The van der Waals surface area contributed by atoms with Crippen molar-refractivity contribution in [2.45, 2.75) is 72.9 Å². The van der Waals surface area contributed by atoms with E-state index in [0.29, 0.717) is 48.2 Å². The Morgan fingerprint density at radius 1 is 1.05 bits per heavy atom. The van der Waals surface area contributed by atoms with Gasteiger partial charge in [-0.3, -0.25) is 4.57 Å². The van der Waals surface area contributed by atoms with Crippen molar-refractivity contribution in [3.05, 3.63) is 17.2 Å². The molecule has 1 fully saturated rings. The molecular formula is C27H39ClN8O6. The van der Waals surface area contributed by atoms with Gasteiger partial charge >= 0.3 is 12.3 Å². The SMILES string of the molecule is CC(C)Cn1c(Cl)nc2c(N3CCOCC3)nc(-c3cnc(NC(C)(C)C)nc3C(C)(C)C)nc21.O=C(O)OC(=O)O. The lowest BCUT2D eigenvalue weighted by molar-refractivity contribution is 0.0801. The highest BCUT2D eigenvalue weighted by Crippen LogP contribution is 2.35. The van der Waals surface area contributed by atoms with Crippen molar-refractivity contribution < 1.29 is 29.3 Å². The summed E-state index contributed by atoms with van der Waals surface area (Å²) in [6.07, 6.45) is -1.79. The van der Waals surface area contributed by atoms with Gasteiger partial charge in [0, 0.05) is 36.8 Å². The third kappa shape index (κ3) is 8.61. The zero-order valence-corrected chi connectivity index (χ0v) is 26.0. The van der Waals surface area contributed by atoms with Gasteiger partial charge in [-0.25, -0.2) is 34.5 Å². The molecular weight excluding hydrogens is 568 g/mol. The highest BCUT2D eigenvalue weighted by Gasteiger charge is 2.28. The molecule has 14 nitrogen and oxygen atoms in total. The number of carbonyl (C=O) groups is 2. The summed E-state index contributed by atoms with van der Waals surface area (Å²) in [5.74, 6) is 2.32. The number of fused-ring (bicyclic) bond motifs is 1. The van der Waals surface area contributed by atoms with Gasteiger partial charge in [-0.05, 0) is 38.3 Å². The van der Waals surface area contributed by atoms with Crippen molar-refractivity contribution in [3.63, 3.8) is 0 Å². The van der Waals surface area contributed by atoms with Crippen LogP contribution < -0.4 is 10.2 Å². The largest absolute Gasteiger partial charge is 0.516 e. The van der Waals surface area contributed by atoms with Crippen LogP contribution in [0.5, 0.6) is 0 Å². The van der Waals surface area contributed by atoms with E-state index in [9.17, 15) is 9.59 Å².